The summed E-state index contributed by atoms with van der Waals surface area (Å²) in [4.78, 5) is 2.03. The summed E-state index contributed by atoms with van der Waals surface area (Å²) in [7, 11) is -3.03. The maximum atomic E-state index is 5.12. The van der Waals surface area contributed by atoms with E-state index in [0.717, 1.165) is 15.4 Å². The lowest BCUT2D eigenvalue weighted by molar-refractivity contribution is 1.19. The van der Waals surface area contributed by atoms with Gasteiger partial charge in [-0.1, -0.05) is 137 Å². The van der Waals surface area contributed by atoms with Crippen LogP contribution in [-0.4, -0.2) is 16.1 Å². The number of benzene rings is 2. The van der Waals surface area contributed by atoms with Gasteiger partial charge < -0.3 is 0 Å². The predicted molar refractivity (Wildman–Crippen MR) is 151 cm³/mol. The fraction of sp³-hybridized carbons (Fsp3) is 0.462. The summed E-state index contributed by atoms with van der Waals surface area (Å²) >= 11 is 10.1. The molecule has 0 amide bonds. The second-order valence-electron chi connectivity index (χ2n) is 8.51. The monoisotopic (exact) mass is 472 g/mol. The van der Waals surface area contributed by atoms with Crippen LogP contribution in [0.1, 0.15) is 52.7 Å². The van der Waals surface area contributed by atoms with Crippen LogP contribution in [-0.2, 0) is 0 Å². The highest BCUT2D eigenvalue weighted by molar-refractivity contribution is 7.96. The van der Waals surface area contributed by atoms with Gasteiger partial charge in [-0.15, -0.1) is 25.3 Å². The average molecular weight is 473 g/mol. The molecule has 0 atom stereocenters. The van der Waals surface area contributed by atoms with Gasteiger partial charge in [0, 0.05) is 9.81 Å². The summed E-state index contributed by atoms with van der Waals surface area (Å²) in [5.41, 5.74) is 2.50. The van der Waals surface area contributed by atoms with Crippen molar-refractivity contribution in [3.63, 3.8) is 0 Å². The molecule has 2 aromatic carbocycles. The van der Waals surface area contributed by atoms with Crippen molar-refractivity contribution in [3.8, 4) is 0 Å². The molecule has 164 valence electrons. The highest BCUT2D eigenvalue weighted by Gasteiger charge is 2.35. The molecular formula is C26H40S2Si2. The van der Waals surface area contributed by atoms with Crippen LogP contribution in [0.4, 0.5) is 0 Å². The first kappa shape index (κ1) is 25.6. The first-order valence-corrected chi connectivity index (χ1v) is 17.8. The van der Waals surface area contributed by atoms with Gasteiger partial charge in [-0.3, -0.25) is 0 Å². The van der Waals surface area contributed by atoms with E-state index in [1.807, 2.05) is 0 Å². The third-order valence-electron chi connectivity index (χ3n) is 7.79. The van der Waals surface area contributed by atoms with E-state index in [4.69, 9.17) is 25.3 Å². The van der Waals surface area contributed by atoms with E-state index in [-0.39, 0.29) is 0 Å². The van der Waals surface area contributed by atoms with Crippen molar-refractivity contribution in [1.29, 1.82) is 0 Å². The molecule has 0 fully saturated rings. The first-order valence-electron chi connectivity index (χ1n) is 11.7. The van der Waals surface area contributed by atoms with Crippen LogP contribution in [0.15, 0.2) is 48.5 Å². The summed E-state index contributed by atoms with van der Waals surface area (Å²) < 4.78 is 0. The molecule has 0 saturated carbocycles. The molecule has 30 heavy (non-hydrogen) atoms. The van der Waals surface area contributed by atoms with Gasteiger partial charge in [0.25, 0.3) is 0 Å². The first-order chi connectivity index (χ1) is 14.4. The lowest BCUT2D eigenvalue weighted by Crippen LogP contribution is -2.51. The molecule has 0 nitrogen and oxygen atoms in total. The van der Waals surface area contributed by atoms with Gasteiger partial charge in [0.05, 0.1) is 16.1 Å². The van der Waals surface area contributed by atoms with Gasteiger partial charge in [-0.25, -0.2) is 0 Å². The van der Waals surface area contributed by atoms with Crippen molar-refractivity contribution in [2.45, 2.75) is 77.8 Å². The fourth-order valence-corrected chi connectivity index (χ4v) is 13.2. The number of thiol groups is 2. The lowest BCUT2D eigenvalue weighted by Gasteiger charge is -2.34. The van der Waals surface area contributed by atoms with E-state index in [1.54, 1.807) is 10.4 Å². The number of hydrogen-bond donors (Lipinski definition) is 2. The number of rotatable bonds is 10. The average Bonchev–Trinajstić information content (AvgIpc) is 2.82. The standard InChI is InChI=1S/C26H40S2Si2/c1-7-29(8-2,9-3)22-18-19-24(30(10-4,11-5)12-6)23(20-22)26(28)25(27)21-16-14-13-15-17-21/h13-20,27-28H,7-12H2,1-6H3/b26-25-. The van der Waals surface area contributed by atoms with E-state index < -0.39 is 16.1 Å². The van der Waals surface area contributed by atoms with Gasteiger partial charge in [-0.05, 0) is 11.1 Å². The van der Waals surface area contributed by atoms with Crippen molar-refractivity contribution < 1.29 is 0 Å². The summed E-state index contributed by atoms with van der Waals surface area (Å²) in [6, 6.07) is 25.7. The molecule has 2 rings (SSSR count). The molecule has 4 heteroatoms. The minimum absolute atomic E-state index is 0.986. The zero-order valence-electron chi connectivity index (χ0n) is 19.8. The van der Waals surface area contributed by atoms with Gasteiger partial charge in [0.1, 0.15) is 0 Å². The fourth-order valence-electron chi connectivity index (χ4n) is 5.08. The van der Waals surface area contributed by atoms with Crippen LogP contribution in [0.2, 0.25) is 36.3 Å². The Labute approximate surface area is 198 Å². The molecule has 0 aliphatic rings. The second-order valence-corrected chi connectivity index (χ2v) is 19.9. The minimum Gasteiger partial charge on any atom is -0.142 e. The second kappa shape index (κ2) is 11.3. The molecular weight excluding hydrogens is 433 g/mol. The topological polar surface area (TPSA) is 0 Å². The Kier molecular flexibility index (Phi) is 9.60. The minimum atomic E-state index is -1.56. The lowest BCUT2D eigenvalue weighted by atomic mass is 10.1. The maximum Gasteiger partial charge on any atom is 0.0867 e. The highest BCUT2D eigenvalue weighted by Crippen LogP contribution is 2.34. The van der Waals surface area contributed by atoms with Gasteiger partial charge >= 0.3 is 0 Å². The Bertz CT molecular complexity index is 834. The van der Waals surface area contributed by atoms with E-state index >= 15 is 0 Å². The zero-order chi connectivity index (χ0) is 22.4. The van der Waals surface area contributed by atoms with Crippen LogP contribution < -0.4 is 10.4 Å². The molecule has 0 aromatic heterocycles. The quantitative estimate of drug-likeness (QED) is 0.197. The molecule has 0 unspecified atom stereocenters. The van der Waals surface area contributed by atoms with E-state index in [0.29, 0.717) is 0 Å². The molecule has 0 radical (unpaired) electrons. The van der Waals surface area contributed by atoms with E-state index in [1.165, 1.54) is 41.8 Å². The normalized spacial score (nSPS) is 13.3. The van der Waals surface area contributed by atoms with E-state index in [2.05, 4.69) is 90.1 Å². The van der Waals surface area contributed by atoms with Gasteiger partial charge in [-0.2, -0.15) is 0 Å². The van der Waals surface area contributed by atoms with Crippen LogP contribution >= 0.6 is 25.3 Å². The zero-order valence-corrected chi connectivity index (χ0v) is 23.5. The summed E-state index contributed by atoms with van der Waals surface area (Å²) in [6.07, 6.45) is 0. The highest BCUT2D eigenvalue weighted by atomic mass is 32.1. The van der Waals surface area contributed by atoms with Crippen molar-refractivity contribution in [2.75, 3.05) is 0 Å². The molecule has 0 bridgehead atoms. The number of hydrogen-bond acceptors (Lipinski definition) is 2. The SMILES string of the molecule is CC[Si](CC)(CC)c1ccc([Si](CC)(CC)CC)c(/C(S)=C(/S)c2ccccc2)c1. The molecule has 0 saturated heterocycles. The Morgan fingerprint density at radius 1 is 0.633 bits per heavy atom. The molecule has 0 aliphatic heterocycles. The predicted octanol–water partition coefficient (Wildman–Crippen LogP) is 7.80. The van der Waals surface area contributed by atoms with Crippen molar-refractivity contribution in [1.82, 2.24) is 0 Å². The molecule has 0 spiro atoms. The van der Waals surface area contributed by atoms with Crippen LogP contribution in [0.5, 0.6) is 0 Å². The van der Waals surface area contributed by atoms with Gasteiger partial charge in [0.2, 0.25) is 0 Å². The Morgan fingerprint density at radius 3 is 1.60 bits per heavy atom. The third-order valence-corrected chi connectivity index (χ3v) is 20.1. The molecule has 0 N–H and O–H groups in total. The molecule has 0 heterocycles. The van der Waals surface area contributed by atoms with Gasteiger partial charge in [0.15, 0.2) is 0 Å². The smallest absolute Gasteiger partial charge is 0.0867 e. The van der Waals surface area contributed by atoms with Crippen molar-refractivity contribution in [2.24, 2.45) is 0 Å². The van der Waals surface area contributed by atoms with E-state index in [9.17, 15) is 0 Å². The Balaban J connectivity index is 2.83. The van der Waals surface area contributed by atoms with Crippen LogP contribution in [0, 0.1) is 0 Å². The summed E-state index contributed by atoms with van der Waals surface area (Å²) in [5.74, 6) is 0. The largest absolute Gasteiger partial charge is 0.142 e. The Morgan fingerprint density at radius 2 is 1.13 bits per heavy atom. The summed E-state index contributed by atoms with van der Waals surface area (Å²) in [6.45, 7) is 14.3. The van der Waals surface area contributed by atoms with Crippen LogP contribution in [0.3, 0.4) is 0 Å². The molecule has 0 aliphatic carbocycles. The molecule has 2 aromatic rings. The Hall–Kier alpha value is -0.686. The maximum absolute atomic E-state index is 5.12. The van der Waals surface area contributed by atoms with Crippen molar-refractivity contribution in [3.05, 3.63) is 59.7 Å². The third kappa shape index (κ3) is 4.87. The van der Waals surface area contributed by atoms with Crippen molar-refractivity contribution >= 4 is 61.6 Å². The summed E-state index contributed by atoms with van der Waals surface area (Å²) in [5, 5.41) is 3.18. The van der Waals surface area contributed by atoms with Crippen LogP contribution in [0.25, 0.3) is 9.81 Å².